The molecular formula is C51H35N3. The first kappa shape index (κ1) is 31.5. The van der Waals surface area contributed by atoms with Gasteiger partial charge < -0.3 is 4.90 Å². The van der Waals surface area contributed by atoms with Crippen LogP contribution in [0.25, 0.3) is 71.9 Å². The summed E-state index contributed by atoms with van der Waals surface area (Å²) in [5.41, 5.74) is 12.5. The zero-order chi connectivity index (χ0) is 35.8. The van der Waals surface area contributed by atoms with Crippen molar-refractivity contribution in [1.29, 1.82) is 0 Å². The van der Waals surface area contributed by atoms with E-state index in [1.165, 1.54) is 43.8 Å². The third kappa shape index (κ3) is 5.42. The van der Waals surface area contributed by atoms with Crippen LogP contribution in [0, 0.1) is 0 Å². The number of hydrogen-bond acceptors (Lipinski definition) is 2. The average molecular weight is 690 g/mol. The van der Waals surface area contributed by atoms with Gasteiger partial charge in [0, 0.05) is 28.0 Å². The van der Waals surface area contributed by atoms with Crippen molar-refractivity contribution in [2.24, 2.45) is 0 Å². The van der Waals surface area contributed by atoms with Crippen LogP contribution in [0.2, 0.25) is 0 Å². The Kier molecular flexibility index (Phi) is 7.81. The van der Waals surface area contributed by atoms with Crippen molar-refractivity contribution >= 4 is 49.6 Å². The Morgan fingerprint density at radius 1 is 0.352 bits per heavy atom. The molecule has 0 unspecified atom stereocenters. The number of benzene rings is 9. The number of fused-ring (bicyclic) bond motifs is 3. The lowest BCUT2D eigenvalue weighted by molar-refractivity contribution is 1.10. The summed E-state index contributed by atoms with van der Waals surface area (Å²) in [5, 5.41) is 4.88. The maximum absolute atomic E-state index is 5.05. The van der Waals surface area contributed by atoms with Gasteiger partial charge in [0.1, 0.15) is 5.82 Å². The quantitative estimate of drug-likeness (QED) is 0.166. The average Bonchev–Trinajstić information content (AvgIpc) is 3.65. The number of rotatable bonds is 7. The molecule has 254 valence electrons. The SMILES string of the molecule is c1ccc(-c2nc3ccccc3n2-c2ccc(-c3ccc(-c4ccc(N(c5ccccc5)c5ccccc5)c5ccccc45)c4ccccc34)cc2)cc1. The van der Waals surface area contributed by atoms with Crippen LogP contribution >= 0.6 is 0 Å². The van der Waals surface area contributed by atoms with E-state index in [4.69, 9.17) is 4.98 Å². The normalized spacial score (nSPS) is 11.3. The fourth-order valence-electron chi connectivity index (χ4n) is 7.94. The molecule has 0 radical (unpaired) electrons. The molecule has 0 bridgehead atoms. The van der Waals surface area contributed by atoms with Gasteiger partial charge in [0.05, 0.1) is 16.7 Å². The summed E-state index contributed by atoms with van der Waals surface area (Å²) < 4.78 is 2.27. The van der Waals surface area contributed by atoms with E-state index in [1.807, 2.05) is 12.1 Å². The molecule has 0 fully saturated rings. The van der Waals surface area contributed by atoms with Crippen LogP contribution in [-0.4, -0.2) is 9.55 Å². The molecule has 10 rings (SSSR count). The van der Waals surface area contributed by atoms with E-state index in [9.17, 15) is 0 Å². The van der Waals surface area contributed by atoms with Crippen molar-refractivity contribution in [3.05, 3.63) is 212 Å². The smallest absolute Gasteiger partial charge is 0.145 e. The second-order valence-electron chi connectivity index (χ2n) is 13.6. The molecule has 3 heteroatoms. The molecule has 0 saturated heterocycles. The standard InChI is InChI=1S/C51H35N3/c1-4-16-37(17-5-1)51-52-48-26-14-15-27-50(48)54(51)40-30-28-36(29-31-40)41-32-33-45(43-23-11-10-22-42(41)43)46-34-35-49(47-25-13-12-24-44(46)47)53(38-18-6-2-7-19-38)39-20-8-3-9-21-39/h1-35H. The van der Waals surface area contributed by atoms with Crippen molar-refractivity contribution in [3.8, 4) is 39.3 Å². The largest absolute Gasteiger partial charge is 0.310 e. The summed E-state index contributed by atoms with van der Waals surface area (Å²) in [5.74, 6) is 0.938. The van der Waals surface area contributed by atoms with Crippen LogP contribution in [0.4, 0.5) is 17.1 Å². The summed E-state index contributed by atoms with van der Waals surface area (Å²) >= 11 is 0. The van der Waals surface area contributed by atoms with E-state index in [0.29, 0.717) is 0 Å². The Morgan fingerprint density at radius 2 is 0.833 bits per heavy atom. The second kappa shape index (κ2) is 13.4. The van der Waals surface area contributed by atoms with Gasteiger partial charge in [-0.15, -0.1) is 0 Å². The number of nitrogens with zero attached hydrogens (tertiary/aromatic N) is 3. The van der Waals surface area contributed by atoms with Crippen molar-refractivity contribution < 1.29 is 0 Å². The molecule has 0 saturated carbocycles. The van der Waals surface area contributed by atoms with Crippen molar-refractivity contribution in [2.75, 3.05) is 4.90 Å². The zero-order valence-electron chi connectivity index (χ0n) is 29.5. The summed E-state index contributed by atoms with van der Waals surface area (Å²) in [6.45, 7) is 0. The Labute approximate surface area is 314 Å². The monoisotopic (exact) mass is 689 g/mol. The molecule has 0 spiro atoms. The topological polar surface area (TPSA) is 21.1 Å². The first-order chi connectivity index (χ1) is 26.8. The molecule has 0 atom stereocenters. The van der Waals surface area contributed by atoms with Gasteiger partial charge in [0.15, 0.2) is 0 Å². The van der Waals surface area contributed by atoms with Crippen LogP contribution < -0.4 is 4.90 Å². The molecule has 9 aromatic carbocycles. The lowest BCUT2D eigenvalue weighted by Crippen LogP contribution is -2.10. The molecule has 3 nitrogen and oxygen atoms in total. The van der Waals surface area contributed by atoms with E-state index in [2.05, 4.69) is 210 Å². The van der Waals surface area contributed by atoms with Crippen molar-refractivity contribution in [1.82, 2.24) is 9.55 Å². The minimum absolute atomic E-state index is 0.938. The number of imidazole rings is 1. The third-order valence-corrected chi connectivity index (χ3v) is 10.4. The van der Waals surface area contributed by atoms with Gasteiger partial charge in [0.25, 0.3) is 0 Å². The summed E-state index contributed by atoms with van der Waals surface area (Å²) in [6, 6.07) is 75.7. The van der Waals surface area contributed by atoms with Crippen LogP contribution in [0.3, 0.4) is 0 Å². The fraction of sp³-hybridized carbons (Fsp3) is 0. The Hall–Kier alpha value is -7.23. The second-order valence-corrected chi connectivity index (χ2v) is 13.6. The molecule has 0 aliphatic heterocycles. The minimum Gasteiger partial charge on any atom is -0.310 e. The first-order valence-electron chi connectivity index (χ1n) is 18.4. The zero-order valence-corrected chi connectivity index (χ0v) is 29.5. The highest BCUT2D eigenvalue weighted by Gasteiger charge is 2.19. The van der Waals surface area contributed by atoms with Crippen LogP contribution in [0.1, 0.15) is 0 Å². The maximum Gasteiger partial charge on any atom is 0.145 e. The number of hydrogen-bond donors (Lipinski definition) is 0. The Morgan fingerprint density at radius 3 is 1.48 bits per heavy atom. The highest BCUT2D eigenvalue weighted by Crippen LogP contribution is 2.44. The predicted octanol–water partition coefficient (Wildman–Crippen LogP) is 13.8. The summed E-state index contributed by atoms with van der Waals surface area (Å²) in [6.07, 6.45) is 0. The Bertz CT molecular complexity index is 2870. The van der Waals surface area contributed by atoms with Gasteiger partial charge in [-0.3, -0.25) is 4.57 Å². The fourth-order valence-corrected chi connectivity index (χ4v) is 7.94. The summed E-state index contributed by atoms with van der Waals surface area (Å²) in [4.78, 5) is 7.40. The Balaban J connectivity index is 1.08. The lowest BCUT2D eigenvalue weighted by Gasteiger charge is -2.27. The van der Waals surface area contributed by atoms with Gasteiger partial charge in [-0.2, -0.15) is 0 Å². The molecule has 0 N–H and O–H groups in total. The van der Waals surface area contributed by atoms with Gasteiger partial charge in [-0.25, -0.2) is 4.98 Å². The molecule has 10 aromatic rings. The molecule has 0 aliphatic rings. The van der Waals surface area contributed by atoms with E-state index in [0.717, 1.165) is 45.2 Å². The number of aromatic nitrogens is 2. The minimum atomic E-state index is 0.938. The first-order valence-corrected chi connectivity index (χ1v) is 18.4. The van der Waals surface area contributed by atoms with E-state index in [1.54, 1.807) is 0 Å². The lowest BCUT2D eigenvalue weighted by atomic mass is 9.89. The van der Waals surface area contributed by atoms with Gasteiger partial charge in [-0.1, -0.05) is 158 Å². The molecule has 1 aromatic heterocycles. The molecule has 1 heterocycles. The predicted molar refractivity (Wildman–Crippen MR) is 227 cm³/mol. The highest BCUT2D eigenvalue weighted by molar-refractivity contribution is 6.12. The molecular weight excluding hydrogens is 655 g/mol. The van der Waals surface area contributed by atoms with Crippen LogP contribution in [-0.2, 0) is 0 Å². The van der Waals surface area contributed by atoms with Gasteiger partial charge in [0.2, 0.25) is 0 Å². The number of anilines is 3. The van der Waals surface area contributed by atoms with Gasteiger partial charge in [-0.05, 0) is 93.0 Å². The van der Waals surface area contributed by atoms with Crippen LogP contribution in [0.5, 0.6) is 0 Å². The van der Waals surface area contributed by atoms with Crippen molar-refractivity contribution in [3.63, 3.8) is 0 Å². The van der Waals surface area contributed by atoms with E-state index < -0.39 is 0 Å². The third-order valence-electron chi connectivity index (χ3n) is 10.4. The molecule has 54 heavy (non-hydrogen) atoms. The van der Waals surface area contributed by atoms with Crippen molar-refractivity contribution in [2.45, 2.75) is 0 Å². The summed E-state index contributed by atoms with van der Waals surface area (Å²) in [7, 11) is 0. The number of para-hydroxylation sites is 4. The van der Waals surface area contributed by atoms with Gasteiger partial charge >= 0.3 is 0 Å². The van der Waals surface area contributed by atoms with E-state index >= 15 is 0 Å². The highest BCUT2D eigenvalue weighted by atomic mass is 15.1. The molecule has 0 aliphatic carbocycles. The maximum atomic E-state index is 5.05. The van der Waals surface area contributed by atoms with Crippen LogP contribution in [0.15, 0.2) is 212 Å². The van der Waals surface area contributed by atoms with E-state index in [-0.39, 0.29) is 0 Å². The molecule has 0 amide bonds.